The number of allylic oxidation sites excluding steroid dienone is 1. The zero-order valence-corrected chi connectivity index (χ0v) is 7.55. The van der Waals surface area contributed by atoms with E-state index in [2.05, 4.69) is 6.58 Å². The molecule has 0 radical (unpaired) electrons. The molecule has 0 saturated carbocycles. The Morgan fingerprint density at radius 3 is 2.75 bits per heavy atom. The van der Waals surface area contributed by atoms with Crippen LogP contribution < -0.4 is 0 Å². The predicted molar refractivity (Wildman–Crippen MR) is 47.8 cm³/mol. The number of rotatable bonds is 1. The molecular formula is C10H14O2. The molecule has 12 heavy (non-hydrogen) atoms. The molecule has 0 unspecified atom stereocenters. The zero-order valence-electron chi connectivity index (χ0n) is 7.55. The van der Waals surface area contributed by atoms with Crippen LogP contribution >= 0.6 is 0 Å². The number of hydrogen-bond acceptors (Lipinski definition) is 2. The van der Waals surface area contributed by atoms with Crippen molar-refractivity contribution in [2.45, 2.75) is 32.3 Å². The van der Waals surface area contributed by atoms with Gasteiger partial charge in [0.15, 0.2) is 5.78 Å². The maximum atomic E-state index is 11.2. The van der Waals surface area contributed by atoms with Gasteiger partial charge in [-0.2, -0.15) is 0 Å². The summed E-state index contributed by atoms with van der Waals surface area (Å²) < 4.78 is 0. The molecule has 66 valence electrons. The third-order valence-corrected chi connectivity index (χ3v) is 2.43. The van der Waals surface area contributed by atoms with Crippen molar-refractivity contribution in [3.63, 3.8) is 0 Å². The highest BCUT2D eigenvalue weighted by molar-refractivity contribution is 5.96. The molecular weight excluding hydrogens is 152 g/mol. The maximum absolute atomic E-state index is 11.2. The summed E-state index contributed by atoms with van der Waals surface area (Å²) in [4.78, 5) is 11.2. The van der Waals surface area contributed by atoms with Crippen LogP contribution in [0.1, 0.15) is 26.7 Å². The standard InChI is InChI=1S/C10H14O2/c1-7(2)10(12)5-4-8(3)9(11)6-10/h4,12H,1,5-6H2,2-3H3/t10-/m0/s1. The van der Waals surface area contributed by atoms with Crippen molar-refractivity contribution >= 4 is 5.78 Å². The minimum absolute atomic E-state index is 0.0201. The van der Waals surface area contributed by atoms with E-state index in [1.807, 2.05) is 0 Å². The maximum Gasteiger partial charge on any atom is 0.161 e. The van der Waals surface area contributed by atoms with Crippen LogP contribution in [0.2, 0.25) is 0 Å². The zero-order chi connectivity index (χ0) is 9.35. The van der Waals surface area contributed by atoms with Crippen molar-refractivity contribution < 1.29 is 9.90 Å². The highest BCUT2D eigenvalue weighted by Crippen LogP contribution is 2.30. The van der Waals surface area contributed by atoms with Crippen molar-refractivity contribution in [2.24, 2.45) is 0 Å². The van der Waals surface area contributed by atoms with E-state index < -0.39 is 5.60 Å². The molecule has 0 aromatic heterocycles. The molecule has 0 fully saturated rings. The van der Waals surface area contributed by atoms with Crippen LogP contribution in [0.4, 0.5) is 0 Å². The van der Waals surface area contributed by atoms with E-state index in [9.17, 15) is 9.90 Å². The first kappa shape index (κ1) is 9.20. The Morgan fingerprint density at radius 1 is 1.75 bits per heavy atom. The van der Waals surface area contributed by atoms with Gasteiger partial charge in [0.25, 0.3) is 0 Å². The van der Waals surface area contributed by atoms with Crippen molar-refractivity contribution in [1.29, 1.82) is 0 Å². The summed E-state index contributed by atoms with van der Waals surface area (Å²) >= 11 is 0. The summed E-state index contributed by atoms with van der Waals surface area (Å²) in [6.45, 7) is 7.21. The van der Waals surface area contributed by atoms with Crippen molar-refractivity contribution in [2.75, 3.05) is 0 Å². The Balaban J connectivity index is 2.90. The molecule has 0 amide bonds. The van der Waals surface area contributed by atoms with Gasteiger partial charge in [-0.25, -0.2) is 0 Å². The van der Waals surface area contributed by atoms with Crippen LogP contribution in [-0.2, 0) is 4.79 Å². The van der Waals surface area contributed by atoms with Gasteiger partial charge in [-0.05, 0) is 31.4 Å². The van der Waals surface area contributed by atoms with Crippen LogP contribution in [-0.4, -0.2) is 16.5 Å². The summed E-state index contributed by atoms with van der Waals surface area (Å²) in [5.41, 5.74) is 0.428. The van der Waals surface area contributed by atoms with Crippen LogP contribution in [0, 0.1) is 0 Å². The monoisotopic (exact) mass is 166 g/mol. The average molecular weight is 166 g/mol. The van der Waals surface area contributed by atoms with Gasteiger partial charge in [0.05, 0.1) is 5.60 Å². The quantitative estimate of drug-likeness (QED) is 0.601. The Labute approximate surface area is 72.6 Å². The molecule has 1 aliphatic carbocycles. The topological polar surface area (TPSA) is 37.3 Å². The van der Waals surface area contributed by atoms with Crippen LogP contribution in [0.25, 0.3) is 0 Å². The molecule has 1 aliphatic rings. The van der Waals surface area contributed by atoms with E-state index in [-0.39, 0.29) is 12.2 Å². The molecule has 0 bridgehead atoms. The van der Waals surface area contributed by atoms with Crippen molar-refractivity contribution in [1.82, 2.24) is 0 Å². The van der Waals surface area contributed by atoms with Crippen molar-refractivity contribution in [3.05, 3.63) is 23.8 Å². The van der Waals surface area contributed by atoms with Gasteiger partial charge in [0.2, 0.25) is 0 Å². The van der Waals surface area contributed by atoms with Gasteiger partial charge in [0.1, 0.15) is 0 Å². The largest absolute Gasteiger partial charge is 0.385 e. The van der Waals surface area contributed by atoms with Crippen LogP contribution in [0.3, 0.4) is 0 Å². The lowest BCUT2D eigenvalue weighted by atomic mass is 9.81. The molecule has 1 rings (SSSR count). The highest BCUT2D eigenvalue weighted by Gasteiger charge is 2.33. The molecule has 0 spiro atoms. The molecule has 2 heteroatoms. The van der Waals surface area contributed by atoms with E-state index in [0.717, 1.165) is 5.57 Å². The number of hydrogen-bond donors (Lipinski definition) is 1. The fourth-order valence-corrected chi connectivity index (χ4v) is 1.24. The van der Waals surface area contributed by atoms with Crippen molar-refractivity contribution in [3.8, 4) is 0 Å². The Kier molecular flexibility index (Phi) is 2.20. The fourth-order valence-electron chi connectivity index (χ4n) is 1.24. The first-order valence-electron chi connectivity index (χ1n) is 4.04. The van der Waals surface area contributed by atoms with Gasteiger partial charge in [-0.15, -0.1) is 0 Å². The van der Waals surface area contributed by atoms with E-state index in [1.165, 1.54) is 0 Å². The Hall–Kier alpha value is -0.890. The number of carbonyl (C=O) groups excluding carboxylic acids is 1. The molecule has 0 aromatic rings. The third kappa shape index (κ3) is 1.48. The van der Waals surface area contributed by atoms with Gasteiger partial charge < -0.3 is 5.11 Å². The molecule has 1 N–H and O–H groups in total. The number of ketones is 1. The first-order valence-corrected chi connectivity index (χ1v) is 4.04. The first-order chi connectivity index (χ1) is 5.46. The van der Waals surface area contributed by atoms with Crippen LogP contribution in [0.5, 0.6) is 0 Å². The predicted octanol–water partition coefficient (Wildman–Crippen LogP) is 1.60. The van der Waals surface area contributed by atoms with E-state index in [0.29, 0.717) is 12.0 Å². The molecule has 0 aliphatic heterocycles. The lowest BCUT2D eigenvalue weighted by molar-refractivity contribution is -0.119. The third-order valence-electron chi connectivity index (χ3n) is 2.43. The summed E-state index contributed by atoms with van der Waals surface area (Å²) in [7, 11) is 0. The second kappa shape index (κ2) is 2.87. The SMILES string of the molecule is C=C(C)[C@]1(O)CC=C(C)C(=O)C1. The minimum Gasteiger partial charge on any atom is -0.385 e. The second-order valence-electron chi connectivity index (χ2n) is 3.50. The van der Waals surface area contributed by atoms with Gasteiger partial charge >= 0.3 is 0 Å². The summed E-state index contributed by atoms with van der Waals surface area (Å²) in [6.07, 6.45) is 2.48. The molecule has 0 heterocycles. The Bertz CT molecular complexity index is 263. The van der Waals surface area contributed by atoms with E-state index in [4.69, 9.17) is 0 Å². The fraction of sp³-hybridized carbons (Fsp3) is 0.500. The second-order valence-corrected chi connectivity index (χ2v) is 3.50. The summed E-state index contributed by atoms with van der Waals surface area (Å²) in [5, 5.41) is 9.87. The van der Waals surface area contributed by atoms with Gasteiger partial charge in [-0.3, -0.25) is 4.79 Å². The Morgan fingerprint density at radius 2 is 2.33 bits per heavy atom. The molecule has 0 aromatic carbocycles. The van der Waals surface area contributed by atoms with Gasteiger partial charge in [-0.1, -0.05) is 12.7 Å². The van der Waals surface area contributed by atoms with E-state index in [1.54, 1.807) is 19.9 Å². The molecule has 1 atom stereocenters. The smallest absolute Gasteiger partial charge is 0.161 e. The molecule has 0 saturated heterocycles. The number of aliphatic hydroxyl groups is 1. The number of carbonyl (C=O) groups is 1. The summed E-state index contributed by atoms with van der Waals surface area (Å²) in [6, 6.07) is 0. The number of Topliss-reactive ketones (excluding diaryl/α,β-unsaturated/α-hetero) is 1. The average Bonchev–Trinajstić information content (AvgIpc) is 1.97. The molecule has 2 nitrogen and oxygen atoms in total. The lowest BCUT2D eigenvalue weighted by Crippen LogP contribution is -2.35. The summed E-state index contributed by atoms with van der Waals surface area (Å²) in [5.74, 6) is 0.0201. The normalized spacial score (nSPS) is 29.9. The minimum atomic E-state index is -0.989. The van der Waals surface area contributed by atoms with E-state index >= 15 is 0 Å². The highest BCUT2D eigenvalue weighted by atomic mass is 16.3. The van der Waals surface area contributed by atoms with Gasteiger partial charge in [0, 0.05) is 6.42 Å². The van der Waals surface area contributed by atoms with Crippen LogP contribution in [0.15, 0.2) is 23.8 Å². The lowest BCUT2D eigenvalue weighted by Gasteiger charge is -2.30.